The SMILES string of the molecule is CC(C)CC(O)c1ccc(N)cc1. The van der Waals surface area contributed by atoms with E-state index in [4.69, 9.17) is 5.73 Å². The molecule has 0 aliphatic carbocycles. The van der Waals surface area contributed by atoms with E-state index in [0.29, 0.717) is 5.92 Å². The van der Waals surface area contributed by atoms with E-state index in [2.05, 4.69) is 13.8 Å². The first-order valence-corrected chi connectivity index (χ1v) is 4.63. The Kier molecular flexibility index (Phi) is 3.32. The zero-order valence-corrected chi connectivity index (χ0v) is 8.20. The van der Waals surface area contributed by atoms with Gasteiger partial charge in [-0.25, -0.2) is 0 Å². The molecule has 0 bridgehead atoms. The van der Waals surface area contributed by atoms with Gasteiger partial charge in [0.05, 0.1) is 6.10 Å². The number of nitrogens with two attached hydrogens (primary N) is 1. The number of aliphatic hydroxyl groups excluding tert-OH is 1. The topological polar surface area (TPSA) is 46.2 Å². The summed E-state index contributed by atoms with van der Waals surface area (Å²) in [7, 11) is 0. The molecule has 0 spiro atoms. The number of benzene rings is 1. The third kappa shape index (κ3) is 3.07. The fourth-order valence-corrected chi connectivity index (χ4v) is 1.30. The van der Waals surface area contributed by atoms with Gasteiger partial charge < -0.3 is 10.8 Å². The molecule has 13 heavy (non-hydrogen) atoms. The van der Waals surface area contributed by atoms with Crippen molar-refractivity contribution >= 4 is 5.69 Å². The maximum atomic E-state index is 9.74. The van der Waals surface area contributed by atoms with Crippen LogP contribution in [0.2, 0.25) is 0 Å². The van der Waals surface area contributed by atoms with Crippen LogP contribution in [-0.2, 0) is 0 Å². The monoisotopic (exact) mass is 179 g/mol. The number of aliphatic hydroxyl groups is 1. The molecule has 0 aromatic heterocycles. The van der Waals surface area contributed by atoms with E-state index in [-0.39, 0.29) is 6.10 Å². The molecule has 0 fully saturated rings. The van der Waals surface area contributed by atoms with Crippen LogP contribution in [0.25, 0.3) is 0 Å². The normalized spacial score (nSPS) is 13.2. The lowest BCUT2D eigenvalue weighted by atomic mass is 9.99. The van der Waals surface area contributed by atoms with Gasteiger partial charge in [-0.05, 0) is 30.0 Å². The predicted octanol–water partition coefficient (Wildman–Crippen LogP) is 2.35. The Bertz CT molecular complexity index is 253. The number of rotatable bonds is 3. The fraction of sp³-hybridized carbons (Fsp3) is 0.455. The molecule has 2 nitrogen and oxygen atoms in total. The molecule has 3 N–H and O–H groups in total. The van der Waals surface area contributed by atoms with E-state index in [9.17, 15) is 5.11 Å². The summed E-state index contributed by atoms with van der Waals surface area (Å²) in [6.07, 6.45) is 0.435. The number of hydrogen-bond acceptors (Lipinski definition) is 2. The first-order valence-electron chi connectivity index (χ1n) is 4.63. The summed E-state index contributed by atoms with van der Waals surface area (Å²) in [5, 5.41) is 9.74. The van der Waals surface area contributed by atoms with E-state index < -0.39 is 0 Å². The van der Waals surface area contributed by atoms with Crippen LogP contribution in [0.4, 0.5) is 5.69 Å². The van der Waals surface area contributed by atoms with Crippen molar-refractivity contribution in [3.05, 3.63) is 29.8 Å². The van der Waals surface area contributed by atoms with Crippen LogP contribution in [-0.4, -0.2) is 5.11 Å². The van der Waals surface area contributed by atoms with Gasteiger partial charge >= 0.3 is 0 Å². The van der Waals surface area contributed by atoms with Crippen molar-refractivity contribution in [3.8, 4) is 0 Å². The van der Waals surface area contributed by atoms with E-state index in [0.717, 1.165) is 17.7 Å². The first kappa shape index (κ1) is 10.1. The molecule has 2 heteroatoms. The number of hydrogen-bond donors (Lipinski definition) is 2. The third-order valence-corrected chi connectivity index (χ3v) is 2.02. The van der Waals surface area contributed by atoms with Gasteiger partial charge in [0.2, 0.25) is 0 Å². The highest BCUT2D eigenvalue weighted by molar-refractivity contribution is 5.39. The second kappa shape index (κ2) is 4.28. The van der Waals surface area contributed by atoms with Crippen LogP contribution in [0.1, 0.15) is 31.9 Å². The minimum absolute atomic E-state index is 0.361. The maximum Gasteiger partial charge on any atom is 0.0792 e. The summed E-state index contributed by atoms with van der Waals surface area (Å²) < 4.78 is 0. The van der Waals surface area contributed by atoms with Crippen molar-refractivity contribution in [2.45, 2.75) is 26.4 Å². The zero-order valence-electron chi connectivity index (χ0n) is 8.20. The molecule has 0 amide bonds. The number of anilines is 1. The highest BCUT2D eigenvalue weighted by atomic mass is 16.3. The molecule has 0 aliphatic rings. The minimum Gasteiger partial charge on any atom is -0.399 e. The molecule has 1 aromatic carbocycles. The Morgan fingerprint density at radius 2 is 1.77 bits per heavy atom. The van der Waals surface area contributed by atoms with Crippen molar-refractivity contribution < 1.29 is 5.11 Å². The van der Waals surface area contributed by atoms with Crippen molar-refractivity contribution in [1.29, 1.82) is 0 Å². The molecule has 1 unspecified atom stereocenters. The maximum absolute atomic E-state index is 9.74. The number of nitrogen functional groups attached to an aromatic ring is 1. The molecular formula is C11H17NO. The lowest BCUT2D eigenvalue weighted by molar-refractivity contribution is 0.151. The molecule has 1 aromatic rings. The summed E-state index contributed by atoms with van der Waals surface area (Å²) >= 11 is 0. The van der Waals surface area contributed by atoms with Crippen LogP contribution in [0.15, 0.2) is 24.3 Å². The fourth-order valence-electron chi connectivity index (χ4n) is 1.30. The predicted molar refractivity (Wildman–Crippen MR) is 55.3 cm³/mol. The Labute approximate surface area is 79.4 Å². The average molecular weight is 179 g/mol. The van der Waals surface area contributed by atoms with Gasteiger partial charge in [0.25, 0.3) is 0 Å². The smallest absolute Gasteiger partial charge is 0.0792 e. The van der Waals surface area contributed by atoms with E-state index in [1.54, 1.807) is 0 Å². The molecule has 0 saturated heterocycles. The quantitative estimate of drug-likeness (QED) is 0.700. The Balaban J connectivity index is 2.66. The van der Waals surface area contributed by atoms with Crippen molar-refractivity contribution in [1.82, 2.24) is 0 Å². The lowest BCUT2D eigenvalue weighted by Gasteiger charge is -2.13. The summed E-state index contributed by atoms with van der Waals surface area (Å²) in [6.45, 7) is 4.20. The average Bonchev–Trinajstić information content (AvgIpc) is 2.04. The zero-order chi connectivity index (χ0) is 9.84. The molecule has 72 valence electrons. The largest absolute Gasteiger partial charge is 0.399 e. The first-order chi connectivity index (χ1) is 6.09. The second-order valence-electron chi connectivity index (χ2n) is 3.81. The molecule has 0 heterocycles. The third-order valence-electron chi connectivity index (χ3n) is 2.02. The van der Waals surface area contributed by atoms with Gasteiger partial charge in [0.15, 0.2) is 0 Å². The molecule has 0 saturated carbocycles. The summed E-state index contributed by atoms with van der Waals surface area (Å²) in [4.78, 5) is 0. The molecule has 1 rings (SSSR count). The standard InChI is InChI=1S/C11H17NO/c1-8(2)7-11(13)9-3-5-10(12)6-4-9/h3-6,8,11,13H,7,12H2,1-2H3. The molecule has 0 radical (unpaired) electrons. The molecule has 0 aliphatic heterocycles. The van der Waals surface area contributed by atoms with Crippen LogP contribution in [0, 0.1) is 5.92 Å². The minimum atomic E-state index is -0.361. The van der Waals surface area contributed by atoms with Crippen LogP contribution >= 0.6 is 0 Å². The molecule has 1 atom stereocenters. The Morgan fingerprint density at radius 1 is 1.23 bits per heavy atom. The highest BCUT2D eigenvalue weighted by Gasteiger charge is 2.08. The Morgan fingerprint density at radius 3 is 2.23 bits per heavy atom. The summed E-state index contributed by atoms with van der Waals surface area (Å²) in [6, 6.07) is 7.39. The van der Waals surface area contributed by atoms with Crippen molar-refractivity contribution in [2.75, 3.05) is 5.73 Å². The Hall–Kier alpha value is -1.02. The van der Waals surface area contributed by atoms with Crippen LogP contribution in [0.5, 0.6) is 0 Å². The van der Waals surface area contributed by atoms with Gasteiger partial charge in [-0.2, -0.15) is 0 Å². The highest BCUT2D eigenvalue weighted by Crippen LogP contribution is 2.21. The van der Waals surface area contributed by atoms with E-state index in [1.165, 1.54) is 0 Å². The van der Waals surface area contributed by atoms with E-state index in [1.807, 2.05) is 24.3 Å². The lowest BCUT2D eigenvalue weighted by Crippen LogP contribution is -2.01. The van der Waals surface area contributed by atoms with Gasteiger partial charge in [-0.1, -0.05) is 26.0 Å². The van der Waals surface area contributed by atoms with Gasteiger partial charge in [0.1, 0.15) is 0 Å². The van der Waals surface area contributed by atoms with Crippen LogP contribution < -0.4 is 5.73 Å². The van der Waals surface area contributed by atoms with Gasteiger partial charge in [-0.3, -0.25) is 0 Å². The summed E-state index contributed by atoms with van der Waals surface area (Å²) in [5.74, 6) is 0.507. The molecular weight excluding hydrogens is 162 g/mol. The van der Waals surface area contributed by atoms with Gasteiger partial charge in [-0.15, -0.1) is 0 Å². The van der Waals surface area contributed by atoms with Crippen LogP contribution in [0.3, 0.4) is 0 Å². The van der Waals surface area contributed by atoms with Crippen molar-refractivity contribution in [2.24, 2.45) is 5.92 Å². The van der Waals surface area contributed by atoms with E-state index >= 15 is 0 Å². The second-order valence-corrected chi connectivity index (χ2v) is 3.81. The van der Waals surface area contributed by atoms with Gasteiger partial charge in [0, 0.05) is 5.69 Å². The summed E-state index contributed by atoms with van der Waals surface area (Å²) in [5.41, 5.74) is 7.23. The van der Waals surface area contributed by atoms with Crippen molar-refractivity contribution in [3.63, 3.8) is 0 Å².